The third-order valence-electron chi connectivity index (χ3n) is 3.42. The van der Waals surface area contributed by atoms with Crippen LogP contribution in [0.15, 0.2) is 33.9 Å². The first-order valence-corrected chi connectivity index (χ1v) is 6.95. The lowest BCUT2D eigenvalue weighted by molar-refractivity contribution is -0.138. The van der Waals surface area contributed by atoms with Gasteiger partial charge in [-0.3, -0.25) is 0 Å². The summed E-state index contributed by atoms with van der Waals surface area (Å²) < 4.78 is 5.04. The summed E-state index contributed by atoms with van der Waals surface area (Å²) in [5.41, 5.74) is 5.63. The van der Waals surface area contributed by atoms with Gasteiger partial charge in [0.2, 0.25) is 0 Å². The second-order valence-corrected chi connectivity index (χ2v) is 5.20. The van der Waals surface area contributed by atoms with Gasteiger partial charge in [0.15, 0.2) is 0 Å². The van der Waals surface area contributed by atoms with Crippen molar-refractivity contribution in [3.8, 4) is 0 Å². The molecule has 0 amide bonds. The lowest BCUT2D eigenvalue weighted by atomic mass is 9.96. The lowest BCUT2D eigenvalue weighted by Gasteiger charge is -2.11. The summed E-state index contributed by atoms with van der Waals surface area (Å²) >= 11 is 0. The molecule has 0 aliphatic rings. The van der Waals surface area contributed by atoms with Gasteiger partial charge in [-0.05, 0) is 72.5 Å². The van der Waals surface area contributed by atoms with Crippen LogP contribution in [0, 0.1) is 0 Å². The van der Waals surface area contributed by atoms with E-state index in [1.807, 2.05) is 20.8 Å². The quantitative estimate of drug-likeness (QED) is 0.293. The zero-order valence-electron chi connectivity index (χ0n) is 13.5. The van der Waals surface area contributed by atoms with Gasteiger partial charge < -0.3 is 4.74 Å². The molecule has 2 heteroatoms. The minimum Gasteiger partial charge on any atom is -0.463 e. The van der Waals surface area contributed by atoms with Crippen molar-refractivity contribution in [1.29, 1.82) is 0 Å². The minimum absolute atomic E-state index is 0.212. The Hall–Kier alpha value is -1.31. The molecule has 2 nitrogen and oxygen atoms in total. The van der Waals surface area contributed by atoms with E-state index in [-0.39, 0.29) is 5.97 Å². The third kappa shape index (κ3) is 6.42. The highest BCUT2D eigenvalue weighted by molar-refractivity contribution is 5.89. The van der Waals surface area contributed by atoms with Crippen molar-refractivity contribution in [2.45, 2.75) is 61.3 Å². The van der Waals surface area contributed by atoms with Crippen LogP contribution in [-0.2, 0) is 9.53 Å². The zero-order valence-corrected chi connectivity index (χ0v) is 13.5. The first-order chi connectivity index (χ1) is 8.81. The Bertz CT molecular complexity index is 405. The normalized spacial score (nSPS) is 13.4. The van der Waals surface area contributed by atoms with Crippen LogP contribution >= 0.6 is 0 Å². The fourth-order valence-electron chi connectivity index (χ4n) is 1.76. The Morgan fingerprint density at radius 2 is 1.53 bits per heavy atom. The number of ether oxygens (including phenoxy) is 1. The molecule has 0 saturated heterocycles. The molecule has 108 valence electrons. The van der Waals surface area contributed by atoms with Crippen LogP contribution in [0.1, 0.15) is 61.3 Å². The average Bonchev–Trinajstić information content (AvgIpc) is 2.35. The summed E-state index contributed by atoms with van der Waals surface area (Å²) in [6.07, 6.45) is 4.33. The third-order valence-corrected chi connectivity index (χ3v) is 3.42. The summed E-state index contributed by atoms with van der Waals surface area (Å²) in [7, 11) is 0. The molecule has 0 N–H and O–H groups in total. The second kappa shape index (κ2) is 8.73. The maximum absolute atomic E-state index is 11.7. The largest absolute Gasteiger partial charge is 0.463 e. The van der Waals surface area contributed by atoms with E-state index < -0.39 is 0 Å². The molecule has 0 aromatic carbocycles. The molecule has 0 bridgehead atoms. The first kappa shape index (κ1) is 17.7. The number of rotatable bonds is 6. The fraction of sp³-hybridized carbons (Fsp3) is 0.588. The maximum atomic E-state index is 11.7. The van der Waals surface area contributed by atoms with Crippen molar-refractivity contribution >= 4 is 5.97 Å². The molecule has 0 atom stereocenters. The maximum Gasteiger partial charge on any atom is 0.333 e. The molecule has 0 saturated carbocycles. The van der Waals surface area contributed by atoms with Crippen LogP contribution < -0.4 is 0 Å². The fourth-order valence-corrected chi connectivity index (χ4v) is 1.76. The number of carbonyl (C=O) groups excluding carboxylic acids is 1. The zero-order chi connectivity index (χ0) is 15.0. The topological polar surface area (TPSA) is 26.3 Å². The van der Waals surface area contributed by atoms with Gasteiger partial charge in [0.05, 0.1) is 6.61 Å². The van der Waals surface area contributed by atoms with Crippen LogP contribution in [0.5, 0.6) is 0 Å². The smallest absolute Gasteiger partial charge is 0.333 e. The summed E-state index contributed by atoms with van der Waals surface area (Å²) in [6.45, 7) is 14.5. The molecule has 0 fully saturated rings. The monoisotopic (exact) mass is 264 g/mol. The number of hydrogen-bond acceptors (Lipinski definition) is 2. The van der Waals surface area contributed by atoms with E-state index in [1.165, 1.54) is 16.7 Å². The second-order valence-electron chi connectivity index (χ2n) is 5.20. The van der Waals surface area contributed by atoms with Gasteiger partial charge in [-0.25, -0.2) is 4.79 Å². The molecule has 0 aliphatic heterocycles. The predicted octanol–water partition coefficient (Wildman–Crippen LogP) is 4.97. The summed E-state index contributed by atoms with van der Waals surface area (Å²) in [5.74, 6) is -0.212. The van der Waals surface area contributed by atoms with E-state index in [0.29, 0.717) is 12.2 Å². The number of carbonyl (C=O) groups is 1. The SMILES string of the molecule is CCOC(=O)/C(C)=C(C)/C(C)=C(/C)CCC=C(C)C. The highest BCUT2D eigenvalue weighted by Gasteiger charge is 2.10. The van der Waals surface area contributed by atoms with Crippen molar-refractivity contribution in [3.05, 3.63) is 33.9 Å². The summed E-state index contributed by atoms with van der Waals surface area (Å²) in [5, 5.41) is 0. The molecule has 0 unspecified atom stereocenters. The summed E-state index contributed by atoms with van der Waals surface area (Å²) in [4.78, 5) is 11.7. The Balaban J connectivity index is 4.94. The predicted molar refractivity (Wildman–Crippen MR) is 82.0 cm³/mol. The molecule has 0 radical (unpaired) electrons. The molecule has 19 heavy (non-hydrogen) atoms. The van der Waals surface area contributed by atoms with Gasteiger partial charge in [-0.2, -0.15) is 0 Å². The summed E-state index contributed by atoms with van der Waals surface area (Å²) in [6, 6.07) is 0. The molecule has 0 heterocycles. The molecular weight excluding hydrogens is 236 g/mol. The number of allylic oxidation sites excluding steroid dienone is 5. The van der Waals surface area contributed by atoms with Crippen molar-refractivity contribution in [3.63, 3.8) is 0 Å². The molecule has 0 aromatic rings. The van der Waals surface area contributed by atoms with Gasteiger partial charge in [-0.1, -0.05) is 17.2 Å². The minimum atomic E-state index is -0.212. The van der Waals surface area contributed by atoms with Crippen molar-refractivity contribution in [2.24, 2.45) is 0 Å². The van der Waals surface area contributed by atoms with Gasteiger partial charge in [0, 0.05) is 5.57 Å². The highest BCUT2D eigenvalue weighted by atomic mass is 16.5. The molecule has 0 aromatic heterocycles. The van der Waals surface area contributed by atoms with Crippen LogP contribution in [0.25, 0.3) is 0 Å². The Morgan fingerprint density at radius 1 is 0.947 bits per heavy atom. The van der Waals surface area contributed by atoms with Gasteiger partial charge in [0.25, 0.3) is 0 Å². The highest BCUT2D eigenvalue weighted by Crippen LogP contribution is 2.21. The average molecular weight is 264 g/mol. The van der Waals surface area contributed by atoms with Crippen LogP contribution in [-0.4, -0.2) is 12.6 Å². The van der Waals surface area contributed by atoms with Gasteiger partial charge in [0.1, 0.15) is 0 Å². The standard InChI is InChI=1S/C17H28O2/c1-8-19-17(18)16(7)15(6)14(5)13(4)11-9-10-12(2)3/h10H,8-9,11H2,1-7H3/b14-13-,16-15+. The number of hydrogen-bond donors (Lipinski definition) is 0. The van der Waals surface area contributed by atoms with E-state index in [4.69, 9.17) is 4.74 Å². The first-order valence-electron chi connectivity index (χ1n) is 6.95. The Labute approximate surface area is 118 Å². The van der Waals surface area contributed by atoms with Gasteiger partial charge in [-0.15, -0.1) is 0 Å². The van der Waals surface area contributed by atoms with E-state index in [2.05, 4.69) is 33.8 Å². The van der Waals surface area contributed by atoms with Crippen LogP contribution in [0.3, 0.4) is 0 Å². The van der Waals surface area contributed by atoms with E-state index in [0.717, 1.165) is 18.4 Å². The van der Waals surface area contributed by atoms with Crippen molar-refractivity contribution in [2.75, 3.05) is 6.61 Å². The Morgan fingerprint density at radius 3 is 2.00 bits per heavy atom. The van der Waals surface area contributed by atoms with Crippen LogP contribution in [0.2, 0.25) is 0 Å². The molecule has 0 spiro atoms. The molecular formula is C17H28O2. The van der Waals surface area contributed by atoms with Crippen molar-refractivity contribution < 1.29 is 9.53 Å². The van der Waals surface area contributed by atoms with Crippen molar-refractivity contribution in [1.82, 2.24) is 0 Å². The molecule has 0 aliphatic carbocycles. The molecule has 0 rings (SSSR count). The van der Waals surface area contributed by atoms with E-state index >= 15 is 0 Å². The lowest BCUT2D eigenvalue weighted by Crippen LogP contribution is -2.07. The Kier molecular flexibility index (Phi) is 8.13. The number of esters is 1. The van der Waals surface area contributed by atoms with Crippen LogP contribution in [0.4, 0.5) is 0 Å². The van der Waals surface area contributed by atoms with E-state index in [1.54, 1.807) is 0 Å². The van der Waals surface area contributed by atoms with E-state index in [9.17, 15) is 4.79 Å². The van der Waals surface area contributed by atoms with Gasteiger partial charge >= 0.3 is 5.97 Å².